The van der Waals surface area contributed by atoms with Gasteiger partial charge in [-0.2, -0.15) is 0 Å². The largest absolute Gasteiger partial charge is 0.347 e. The molecule has 6 heteroatoms. The van der Waals surface area contributed by atoms with Gasteiger partial charge in [0.1, 0.15) is 5.82 Å². The summed E-state index contributed by atoms with van der Waals surface area (Å²) in [5.74, 6) is -1.24. The first-order valence-electron chi connectivity index (χ1n) is 7.02. The lowest BCUT2D eigenvalue weighted by Crippen LogP contribution is -2.34. The maximum atomic E-state index is 13.4. The van der Waals surface area contributed by atoms with E-state index >= 15 is 0 Å². The Hall–Kier alpha value is -2.40. The van der Waals surface area contributed by atoms with Gasteiger partial charge in [0.25, 0.3) is 0 Å². The van der Waals surface area contributed by atoms with Gasteiger partial charge < -0.3 is 10.6 Å². The molecular weight excluding hydrogens is 319 g/mol. The summed E-state index contributed by atoms with van der Waals surface area (Å²) >= 11 is 5.97. The molecule has 2 rings (SSSR count). The van der Waals surface area contributed by atoms with Crippen LogP contribution in [0.15, 0.2) is 42.5 Å². The number of nitrogens with one attached hydrogen (secondary N) is 2. The van der Waals surface area contributed by atoms with E-state index in [4.69, 9.17) is 11.6 Å². The van der Waals surface area contributed by atoms with Gasteiger partial charge in [0.2, 0.25) is 11.8 Å². The van der Waals surface area contributed by atoms with Crippen LogP contribution in [0.2, 0.25) is 5.02 Å². The van der Waals surface area contributed by atoms with E-state index in [-0.39, 0.29) is 24.4 Å². The van der Waals surface area contributed by atoms with Crippen molar-refractivity contribution in [1.82, 2.24) is 5.32 Å². The van der Waals surface area contributed by atoms with E-state index in [1.54, 1.807) is 37.3 Å². The Kier molecular flexibility index (Phi) is 5.71. The van der Waals surface area contributed by atoms with Crippen molar-refractivity contribution in [1.29, 1.82) is 0 Å². The highest BCUT2D eigenvalue weighted by Crippen LogP contribution is 2.22. The van der Waals surface area contributed by atoms with Gasteiger partial charge in [0, 0.05) is 10.7 Å². The van der Waals surface area contributed by atoms with Crippen molar-refractivity contribution in [3.05, 3.63) is 64.4 Å². The molecule has 0 bridgehead atoms. The van der Waals surface area contributed by atoms with Gasteiger partial charge in [-0.15, -0.1) is 0 Å². The zero-order chi connectivity index (χ0) is 16.8. The van der Waals surface area contributed by atoms with Gasteiger partial charge in [0.15, 0.2) is 0 Å². The van der Waals surface area contributed by atoms with E-state index in [0.717, 1.165) is 5.56 Å². The highest BCUT2D eigenvalue weighted by Gasteiger charge is 2.10. The second-order valence-corrected chi connectivity index (χ2v) is 5.41. The molecule has 0 aliphatic carbocycles. The number of anilines is 1. The van der Waals surface area contributed by atoms with Crippen LogP contribution < -0.4 is 10.6 Å². The zero-order valence-electron chi connectivity index (χ0n) is 12.5. The molecule has 2 N–H and O–H groups in total. The van der Waals surface area contributed by atoms with Crippen LogP contribution in [0, 0.1) is 12.7 Å². The first-order valence-corrected chi connectivity index (χ1v) is 7.40. The summed E-state index contributed by atoms with van der Waals surface area (Å²) in [6, 6.07) is 11.2. The van der Waals surface area contributed by atoms with Gasteiger partial charge in [-0.25, -0.2) is 4.39 Å². The fraction of sp³-hybridized carbons (Fsp3) is 0.176. The van der Waals surface area contributed by atoms with Crippen LogP contribution in [0.5, 0.6) is 0 Å². The molecule has 0 fully saturated rings. The van der Waals surface area contributed by atoms with Crippen LogP contribution in [0.3, 0.4) is 0 Å². The number of carbonyl (C=O) groups is 2. The van der Waals surface area contributed by atoms with Crippen molar-refractivity contribution in [2.45, 2.75) is 13.3 Å². The van der Waals surface area contributed by atoms with Crippen molar-refractivity contribution in [2.24, 2.45) is 0 Å². The molecule has 0 heterocycles. The summed E-state index contributed by atoms with van der Waals surface area (Å²) in [6.07, 6.45) is -0.115. The quantitative estimate of drug-likeness (QED) is 0.882. The number of carbonyl (C=O) groups excluding carboxylic acids is 2. The van der Waals surface area contributed by atoms with Gasteiger partial charge in [-0.05, 0) is 36.2 Å². The van der Waals surface area contributed by atoms with Crippen molar-refractivity contribution in [3.63, 3.8) is 0 Å². The molecule has 0 aromatic heterocycles. The van der Waals surface area contributed by atoms with Crippen LogP contribution in [-0.2, 0) is 16.0 Å². The van der Waals surface area contributed by atoms with Crippen molar-refractivity contribution in [3.8, 4) is 0 Å². The Labute approximate surface area is 138 Å². The second-order valence-electron chi connectivity index (χ2n) is 5.01. The Morgan fingerprint density at radius 2 is 1.83 bits per heavy atom. The summed E-state index contributed by atoms with van der Waals surface area (Å²) in [5, 5.41) is 5.68. The molecule has 0 radical (unpaired) electrons. The predicted octanol–water partition coefficient (Wildman–Crippen LogP) is 3.08. The summed E-state index contributed by atoms with van der Waals surface area (Å²) in [6.45, 7) is 1.59. The van der Waals surface area contributed by atoms with E-state index in [1.807, 2.05) is 0 Å². The summed E-state index contributed by atoms with van der Waals surface area (Å²) in [4.78, 5) is 23.6. The molecule has 0 saturated heterocycles. The number of hydrogen-bond donors (Lipinski definition) is 2. The molecular formula is C17H16ClFN2O2. The minimum absolute atomic E-state index is 0.115. The highest BCUT2D eigenvalue weighted by molar-refractivity contribution is 6.31. The molecule has 120 valence electrons. The summed E-state index contributed by atoms with van der Waals surface area (Å²) < 4.78 is 13.4. The number of benzene rings is 2. The third-order valence-electron chi connectivity index (χ3n) is 3.30. The summed E-state index contributed by atoms with van der Waals surface area (Å²) in [5.41, 5.74) is 1.63. The fourth-order valence-corrected chi connectivity index (χ4v) is 2.17. The first-order chi connectivity index (χ1) is 11.0. The van der Waals surface area contributed by atoms with Crippen molar-refractivity contribution in [2.75, 3.05) is 11.9 Å². The lowest BCUT2D eigenvalue weighted by atomic mass is 10.1. The van der Waals surface area contributed by atoms with E-state index in [0.29, 0.717) is 10.7 Å². The van der Waals surface area contributed by atoms with Gasteiger partial charge in [0.05, 0.1) is 13.0 Å². The van der Waals surface area contributed by atoms with E-state index in [2.05, 4.69) is 10.6 Å². The van der Waals surface area contributed by atoms with Crippen molar-refractivity contribution < 1.29 is 14.0 Å². The predicted molar refractivity (Wildman–Crippen MR) is 87.9 cm³/mol. The molecule has 0 spiro atoms. The topological polar surface area (TPSA) is 58.2 Å². The Morgan fingerprint density at radius 3 is 2.57 bits per heavy atom. The van der Waals surface area contributed by atoms with Crippen LogP contribution in [0.1, 0.15) is 11.1 Å². The molecule has 0 aliphatic heterocycles. The van der Waals surface area contributed by atoms with Gasteiger partial charge in [-0.3, -0.25) is 9.59 Å². The van der Waals surface area contributed by atoms with Crippen LogP contribution in [0.4, 0.5) is 10.1 Å². The minimum atomic E-state index is -0.443. The zero-order valence-corrected chi connectivity index (χ0v) is 13.3. The molecule has 2 aromatic rings. The number of hydrogen-bond acceptors (Lipinski definition) is 2. The van der Waals surface area contributed by atoms with E-state index in [9.17, 15) is 14.0 Å². The third kappa shape index (κ3) is 4.79. The lowest BCUT2D eigenvalue weighted by Gasteiger charge is -2.10. The molecule has 0 unspecified atom stereocenters. The first kappa shape index (κ1) is 17.0. The number of amides is 2. The SMILES string of the molecule is Cc1c(Cl)cccc1NC(=O)CNC(=O)Cc1ccccc1F. The van der Waals surface area contributed by atoms with Crippen LogP contribution >= 0.6 is 11.6 Å². The minimum Gasteiger partial charge on any atom is -0.347 e. The molecule has 2 aromatic carbocycles. The maximum Gasteiger partial charge on any atom is 0.243 e. The van der Waals surface area contributed by atoms with Gasteiger partial charge >= 0.3 is 0 Å². The molecule has 0 saturated carbocycles. The van der Waals surface area contributed by atoms with E-state index < -0.39 is 11.7 Å². The van der Waals surface area contributed by atoms with Crippen LogP contribution in [0.25, 0.3) is 0 Å². The Bertz CT molecular complexity index is 734. The number of rotatable bonds is 5. The average Bonchev–Trinajstić information content (AvgIpc) is 2.52. The van der Waals surface area contributed by atoms with Crippen molar-refractivity contribution >= 4 is 29.1 Å². The number of halogens is 2. The van der Waals surface area contributed by atoms with E-state index in [1.165, 1.54) is 12.1 Å². The fourth-order valence-electron chi connectivity index (χ4n) is 1.99. The normalized spacial score (nSPS) is 10.2. The highest BCUT2D eigenvalue weighted by atomic mass is 35.5. The third-order valence-corrected chi connectivity index (χ3v) is 3.71. The monoisotopic (exact) mass is 334 g/mol. The Balaban J connectivity index is 1.86. The smallest absolute Gasteiger partial charge is 0.243 e. The molecule has 4 nitrogen and oxygen atoms in total. The summed E-state index contributed by atoms with van der Waals surface area (Å²) in [7, 11) is 0. The van der Waals surface area contributed by atoms with Crippen LogP contribution in [-0.4, -0.2) is 18.4 Å². The molecule has 23 heavy (non-hydrogen) atoms. The second kappa shape index (κ2) is 7.74. The lowest BCUT2D eigenvalue weighted by molar-refractivity contribution is -0.123. The van der Waals surface area contributed by atoms with Gasteiger partial charge in [-0.1, -0.05) is 35.9 Å². The molecule has 0 aliphatic rings. The average molecular weight is 335 g/mol. The molecule has 0 atom stereocenters. The standard InChI is InChI=1S/C17H16ClFN2O2/c1-11-13(18)6-4-8-15(11)21-17(23)10-20-16(22)9-12-5-2-3-7-14(12)19/h2-8H,9-10H2,1H3,(H,20,22)(H,21,23). The Morgan fingerprint density at radius 1 is 1.09 bits per heavy atom. The molecule has 2 amide bonds. The maximum absolute atomic E-state index is 13.4.